The van der Waals surface area contributed by atoms with Gasteiger partial charge in [0.05, 0.1) is 30.2 Å². The van der Waals surface area contributed by atoms with Crippen LogP contribution < -0.4 is 5.32 Å². The lowest BCUT2D eigenvalue weighted by molar-refractivity contribution is -0.113. The molecule has 3 aromatic heterocycles. The smallest absolute Gasteiger partial charge is 0.236 e. The number of aromatic nitrogens is 5. The molecule has 4 heterocycles. The highest BCUT2D eigenvalue weighted by Crippen LogP contribution is 2.29. The molecule has 0 radical (unpaired) electrons. The van der Waals surface area contributed by atoms with Gasteiger partial charge in [-0.05, 0) is 32.8 Å². The third-order valence-electron chi connectivity index (χ3n) is 4.33. The van der Waals surface area contributed by atoms with E-state index in [4.69, 9.17) is 9.15 Å². The van der Waals surface area contributed by atoms with Crippen LogP contribution in [-0.2, 0) is 16.1 Å². The number of hydrogen-bond donors (Lipinski definition) is 1. The van der Waals surface area contributed by atoms with Crippen molar-refractivity contribution < 1.29 is 13.9 Å². The number of aryl methyl sites for hydroxylation is 2. The van der Waals surface area contributed by atoms with Gasteiger partial charge in [0.1, 0.15) is 10.8 Å². The molecule has 11 heteroatoms. The van der Waals surface area contributed by atoms with Gasteiger partial charge in [-0.25, -0.2) is 0 Å². The quantitative estimate of drug-likeness (QED) is 0.581. The average molecular weight is 421 g/mol. The van der Waals surface area contributed by atoms with Crippen molar-refractivity contribution in [1.29, 1.82) is 0 Å². The minimum absolute atomic E-state index is 0.125. The van der Waals surface area contributed by atoms with E-state index >= 15 is 0 Å². The Morgan fingerprint density at radius 3 is 2.93 bits per heavy atom. The van der Waals surface area contributed by atoms with Crippen LogP contribution in [0.5, 0.6) is 0 Å². The Hall–Kier alpha value is -2.24. The normalized spacial score (nSPS) is 16.6. The molecule has 9 nitrogen and oxygen atoms in total. The summed E-state index contributed by atoms with van der Waals surface area (Å²) in [6.07, 6.45) is 3.82. The van der Waals surface area contributed by atoms with Crippen molar-refractivity contribution in [3.8, 4) is 11.4 Å². The van der Waals surface area contributed by atoms with Crippen molar-refractivity contribution in [3.63, 3.8) is 0 Å². The fourth-order valence-electron chi connectivity index (χ4n) is 3.00. The largest absolute Gasteiger partial charge is 0.469 e. The third kappa shape index (κ3) is 4.26. The summed E-state index contributed by atoms with van der Waals surface area (Å²) in [5, 5.41) is 21.2. The zero-order valence-corrected chi connectivity index (χ0v) is 17.2. The molecule has 0 saturated carbocycles. The zero-order chi connectivity index (χ0) is 19.5. The molecule has 1 N–H and O–H groups in total. The first-order valence-electron chi connectivity index (χ1n) is 8.92. The van der Waals surface area contributed by atoms with Gasteiger partial charge in [-0.1, -0.05) is 23.1 Å². The number of furan rings is 1. The van der Waals surface area contributed by atoms with Crippen molar-refractivity contribution in [3.05, 3.63) is 23.1 Å². The van der Waals surface area contributed by atoms with Crippen LogP contribution in [0.3, 0.4) is 0 Å². The Morgan fingerprint density at radius 1 is 1.36 bits per heavy atom. The Labute approximate surface area is 169 Å². The molecule has 0 spiro atoms. The summed E-state index contributed by atoms with van der Waals surface area (Å²) in [5.41, 5.74) is 0.895. The molecule has 4 rings (SSSR count). The van der Waals surface area contributed by atoms with Crippen molar-refractivity contribution in [1.82, 2.24) is 25.0 Å². The lowest BCUT2D eigenvalue weighted by Crippen LogP contribution is -2.18. The Kier molecular flexibility index (Phi) is 5.74. The first-order valence-corrected chi connectivity index (χ1v) is 10.7. The molecule has 0 bridgehead atoms. The molecule has 1 aliphatic rings. The summed E-state index contributed by atoms with van der Waals surface area (Å²) in [7, 11) is 0. The summed E-state index contributed by atoms with van der Waals surface area (Å²) in [4.78, 5) is 12.3. The molecule has 148 valence electrons. The molecule has 1 atom stereocenters. The maximum absolute atomic E-state index is 12.3. The Morgan fingerprint density at radius 2 is 2.25 bits per heavy atom. The van der Waals surface area contributed by atoms with E-state index in [0.29, 0.717) is 16.8 Å². The lowest BCUT2D eigenvalue weighted by atomic mass is 10.2. The van der Waals surface area contributed by atoms with E-state index in [2.05, 4.69) is 25.7 Å². The average Bonchev–Trinajstić information content (AvgIpc) is 3.44. The minimum Gasteiger partial charge on any atom is -0.469 e. The van der Waals surface area contributed by atoms with Gasteiger partial charge in [0, 0.05) is 6.61 Å². The van der Waals surface area contributed by atoms with Gasteiger partial charge in [-0.3, -0.25) is 14.7 Å². The number of nitrogens with one attached hydrogen (secondary N) is 1. The predicted molar refractivity (Wildman–Crippen MR) is 105 cm³/mol. The summed E-state index contributed by atoms with van der Waals surface area (Å²) < 4.78 is 13.2. The van der Waals surface area contributed by atoms with E-state index in [1.807, 2.05) is 24.5 Å². The first-order chi connectivity index (χ1) is 13.6. The number of thioether (sulfide) groups is 1. The Bertz CT molecular complexity index is 960. The number of rotatable bonds is 7. The van der Waals surface area contributed by atoms with Gasteiger partial charge in [0.15, 0.2) is 11.0 Å². The maximum atomic E-state index is 12.3. The molecule has 3 aromatic rings. The topological polar surface area (TPSA) is 108 Å². The Balaban J connectivity index is 1.50. The number of anilines is 1. The molecule has 1 amide bonds. The summed E-state index contributed by atoms with van der Waals surface area (Å²) >= 11 is 2.68. The molecule has 1 saturated heterocycles. The highest BCUT2D eigenvalue weighted by Gasteiger charge is 2.23. The number of hydrogen-bond acceptors (Lipinski definition) is 9. The second kappa shape index (κ2) is 8.41. The van der Waals surface area contributed by atoms with E-state index in [1.54, 1.807) is 6.26 Å². The van der Waals surface area contributed by atoms with Crippen LogP contribution >= 0.6 is 23.1 Å². The van der Waals surface area contributed by atoms with Gasteiger partial charge < -0.3 is 9.15 Å². The van der Waals surface area contributed by atoms with Crippen molar-refractivity contribution >= 4 is 34.1 Å². The van der Waals surface area contributed by atoms with Crippen LogP contribution in [-0.4, -0.2) is 49.3 Å². The number of nitrogens with zero attached hydrogens (tertiary/aromatic N) is 5. The van der Waals surface area contributed by atoms with Crippen LogP contribution in [0.2, 0.25) is 0 Å². The third-order valence-corrected chi connectivity index (χ3v) is 6.05. The summed E-state index contributed by atoms with van der Waals surface area (Å²) in [6.45, 7) is 5.16. The fourth-order valence-corrected chi connectivity index (χ4v) is 4.36. The van der Waals surface area contributed by atoms with E-state index in [0.717, 1.165) is 41.6 Å². The van der Waals surface area contributed by atoms with Gasteiger partial charge in [-0.15, -0.1) is 20.4 Å². The van der Waals surface area contributed by atoms with Gasteiger partial charge in [0.25, 0.3) is 0 Å². The minimum atomic E-state index is -0.158. The standard InChI is InChI=1S/C17H20N6O3S2/c1-10-13(5-7-25-10)15-20-22-17(23(15)8-12-4-3-6-26-12)27-9-14(24)18-16-21-19-11(2)28-16/h5,7,12H,3-4,6,8-9H2,1-2H3,(H,18,21,24)/t12-/m0/s1. The van der Waals surface area contributed by atoms with Crippen molar-refractivity contribution in [2.45, 2.75) is 44.5 Å². The molecular formula is C17H20N6O3S2. The molecule has 0 aromatic carbocycles. The molecular weight excluding hydrogens is 400 g/mol. The van der Waals surface area contributed by atoms with E-state index < -0.39 is 0 Å². The first kappa shape index (κ1) is 19.1. The maximum Gasteiger partial charge on any atom is 0.236 e. The molecule has 1 fully saturated rings. The molecule has 0 aliphatic carbocycles. The predicted octanol–water partition coefficient (Wildman–Crippen LogP) is 2.92. The fraction of sp³-hybridized carbons (Fsp3) is 0.471. The number of ether oxygens (including phenoxy) is 1. The van der Waals surface area contributed by atoms with Crippen LogP contribution in [0.15, 0.2) is 21.9 Å². The summed E-state index contributed by atoms with van der Waals surface area (Å²) in [6, 6.07) is 1.88. The highest BCUT2D eigenvalue weighted by atomic mass is 32.2. The van der Waals surface area contributed by atoms with Crippen molar-refractivity contribution in [2.24, 2.45) is 0 Å². The van der Waals surface area contributed by atoms with Crippen molar-refractivity contribution in [2.75, 3.05) is 17.7 Å². The molecule has 0 unspecified atom stereocenters. The number of carbonyl (C=O) groups is 1. The second-order valence-corrected chi connectivity index (χ2v) is 8.53. The van der Waals surface area contributed by atoms with Gasteiger partial charge in [-0.2, -0.15) is 0 Å². The van der Waals surface area contributed by atoms with E-state index in [9.17, 15) is 4.79 Å². The lowest BCUT2D eigenvalue weighted by Gasteiger charge is -2.14. The van der Waals surface area contributed by atoms with Gasteiger partial charge in [0.2, 0.25) is 11.0 Å². The highest BCUT2D eigenvalue weighted by molar-refractivity contribution is 7.99. The van der Waals surface area contributed by atoms with E-state index in [1.165, 1.54) is 23.1 Å². The zero-order valence-electron chi connectivity index (χ0n) is 15.5. The number of amides is 1. The van der Waals surface area contributed by atoms with Crippen LogP contribution in [0.25, 0.3) is 11.4 Å². The van der Waals surface area contributed by atoms with Crippen LogP contribution in [0.1, 0.15) is 23.6 Å². The second-order valence-electron chi connectivity index (χ2n) is 6.41. The monoisotopic (exact) mass is 420 g/mol. The molecule has 1 aliphatic heterocycles. The van der Waals surface area contributed by atoms with Gasteiger partial charge >= 0.3 is 0 Å². The van der Waals surface area contributed by atoms with Crippen LogP contribution in [0.4, 0.5) is 5.13 Å². The SMILES string of the molecule is Cc1nnc(NC(=O)CSc2nnc(-c3ccoc3C)n2C[C@@H]2CCCO2)s1. The number of carbonyl (C=O) groups excluding carboxylic acids is 1. The van der Waals surface area contributed by atoms with Crippen LogP contribution in [0, 0.1) is 13.8 Å². The summed E-state index contributed by atoms with van der Waals surface area (Å²) in [5.74, 6) is 1.55. The molecule has 28 heavy (non-hydrogen) atoms. The van der Waals surface area contributed by atoms with E-state index in [-0.39, 0.29) is 17.8 Å².